The molecular formula is C15H15BrFNO2S. The van der Waals surface area contributed by atoms with Crippen molar-refractivity contribution in [2.75, 3.05) is 7.11 Å². The van der Waals surface area contributed by atoms with Crippen molar-refractivity contribution in [1.82, 2.24) is 5.32 Å². The van der Waals surface area contributed by atoms with Crippen LogP contribution in [0.1, 0.15) is 17.4 Å². The van der Waals surface area contributed by atoms with Crippen molar-refractivity contribution in [2.24, 2.45) is 0 Å². The maximum atomic E-state index is 13.4. The molecule has 0 fully saturated rings. The number of methoxy groups -OCH3 is 1. The van der Waals surface area contributed by atoms with Gasteiger partial charge in [0.2, 0.25) is 0 Å². The van der Waals surface area contributed by atoms with Crippen LogP contribution in [-0.4, -0.2) is 13.1 Å². The van der Waals surface area contributed by atoms with E-state index >= 15 is 0 Å². The van der Waals surface area contributed by atoms with E-state index in [1.165, 1.54) is 13.2 Å². The Labute approximate surface area is 135 Å². The highest BCUT2D eigenvalue weighted by molar-refractivity contribution is 9.10. The summed E-state index contributed by atoms with van der Waals surface area (Å²) in [5.41, 5.74) is -0.409. The molecule has 1 heterocycles. The third-order valence-electron chi connectivity index (χ3n) is 3.29. The topological polar surface area (TPSA) is 38.3 Å². The molecule has 1 N–H and O–H groups in total. The maximum absolute atomic E-state index is 13.4. The van der Waals surface area contributed by atoms with Gasteiger partial charge in [-0.1, -0.05) is 12.1 Å². The Kier molecular flexibility index (Phi) is 5.13. The number of ether oxygens (including phenoxy) is 1. The molecule has 2 aromatic rings. The summed E-state index contributed by atoms with van der Waals surface area (Å²) >= 11 is 4.75. The zero-order valence-electron chi connectivity index (χ0n) is 11.7. The molecule has 6 heteroatoms. The van der Waals surface area contributed by atoms with E-state index in [-0.39, 0.29) is 5.82 Å². The summed E-state index contributed by atoms with van der Waals surface area (Å²) < 4.78 is 18.6. The molecule has 0 radical (unpaired) electrons. The van der Waals surface area contributed by atoms with Gasteiger partial charge < -0.3 is 4.74 Å². The molecule has 1 aromatic carbocycles. The first kappa shape index (κ1) is 16.1. The normalized spacial score (nSPS) is 13.7. The highest BCUT2D eigenvalue weighted by atomic mass is 79.9. The van der Waals surface area contributed by atoms with Gasteiger partial charge in [-0.15, -0.1) is 11.3 Å². The molecule has 0 aliphatic carbocycles. The van der Waals surface area contributed by atoms with Crippen molar-refractivity contribution >= 4 is 33.2 Å². The molecule has 1 atom stereocenters. The zero-order chi connectivity index (χ0) is 15.5. The maximum Gasteiger partial charge on any atom is 0.330 e. The predicted molar refractivity (Wildman–Crippen MR) is 84.6 cm³/mol. The van der Waals surface area contributed by atoms with Crippen LogP contribution in [0.2, 0.25) is 0 Å². The van der Waals surface area contributed by atoms with Crippen LogP contribution in [0.5, 0.6) is 0 Å². The van der Waals surface area contributed by atoms with Crippen molar-refractivity contribution in [1.29, 1.82) is 0 Å². The number of thiophene rings is 1. The third-order valence-corrected chi connectivity index (χ3v) is 4.77. The van der Waals surface area contributed by atoms with Crippen molar-refractivity contribution in [2.45, 2.75) is 19.0 Å². The van der Waals surface area contributed by atoms with Gasteiger partial charge in [0, 0.05) is 11.4 Å². The van der Waals surface area contributed by atoms with Crippen LogP contribution in [-0.2, 0) is 21.6 Å². The number of nitrogens with one attached hydrogen (secondary N) is 1. The smallest absolute Gasteiger partial charge is 0.330 e. The fourth-order valence-corrected chi connectivity index (χ4v) is 3.00. The monoisotopic (exact) mass is 371 g/mol. The molecule has 3 nitrogen and oxygen atoms in total. The fraction of sp³-hybridized carbons (Fsp3) is 0.267. The van der Waals surface area contributed by atoms with Crippen molar-refractivity contribution in [3.05, 3.63) is 56.4 Å². The average Bonchev–Trinajstić information content (AvgIpc) is 3.00. The Hall–Kier alpha value is -1.24. The number of halogens is 2. The highest BCUT2D eigenvalue weighted by Crippen LogP contribution is 2.27. The van der Waals surface area contributed by atoms with E-state index in [0.717, 1.165) is 4.88 Å². The van der Waals surface area contributed by atoms with Crippen molar-refractivity contribution in [3.8, 4) is 0 Å². The molecule has 0 saturated heterocycles. The molecular weight excluding hydrogens is 357 g/mol. The number of benzene rings is 1. The van der Waals surface area contributed by atoms with E-state index in [2.05, 4.69) is 21.2 Å². The molecule has 0 bridgehead atoms. The second-order valence-corrected chi connectivity index (χ2v) is 6.56. The minimum atomic E-state index is -1.05. The molecule has 0 aliphatic heterocycles. The summed E-state index contributed by atoms with van der Waals surface area (Å²) in [5.74, 6) is -0.790. The zero-order valence-corrected chi connectivity index (χ0v) is 14.1. The van der Waals surface area contributed by atoms with Gasteiger partial charge in [0.1, 0.15) is 11.4 Å². The van der Waals surface area contributed by atoms with Crippen LogP contribution in [0.4, 0.5) is 4.39 Å². The molecule has 0 spiro atoms. The number of carbonyl (C=O) groups excluding carboxylic acids is 1. The summed E-state index contributed by atoms with van der Waals surface area (Å²) in [5, 5.41) is 5.18. The molecule has 0 amide bonds. The Bertz CT molecular complexity index is 633. The molecule has 1 unspecified atom stereocenters. The number of hydrogen-bond acceptors (Lipinski definition) is 4. The number of carbonyl (C=O) groups is 1. The number of hydrogen-bond donors (Lipinski definition) is 1. The van der Waals surface area contributed by atoms with E-state index in [9.17, 15) is 9.18 Å². The second-order valence-electron chi connectivity index (χ2n) is 4.68. The molecule has 0 aliphatic rings. The molecule has 112 valence electrons. The Balaban J connectivity index is 2.31. The van der Waals surface area contributed by atoms with Crippen LogP contribution in [0.3, 0.4) is 0 Å². The van der Waals surface area contributed by atoms with Gasteiger partial charge in [-0.05, 0) is 52.0 Å². The fourth-order valence-electron chi connectivity index (χ4n) is 1.98. The van der Waals surface area contributed by atoms with E-state index in [0.29, 0.717) is 16.6 Å². The second kappa shape index (κ2) is 6.68. The predicted octanol–water partition coefficient (Wildman–Crippen LogP) is 3.83. The SMILES string of the molecule is COC(=O)C(C)(NCc1cccs1)c1ccc(F)c(Br)c1. The lowest BCUT2D eigenvalue weighted by Crippen LogP contribution is -2.47. The van der Waals surface area contributed by atoms with Crippen molar-refractivity contribution in [3.63, 3.8) is 0 Å². The average molecular weight is 372 g/mol. The molecule has 1 aromatic heterocycles. The van der Waals surface area contributed by atoms with E-state index in [1.54, 1.807) is 30.4 Å². The summed E-state index contributed by atoms with van der Waals surface area (Å²) in [6, 6.07) is 8.43. The van der Waals surface area contributed by atoms with Gasteiger partial charge in [0.05, 0.1) is 11.6 Å². The van der Waals surface area contributed by atoms with Gasteiger partial charge in [-0.2, -0.15) is 0 Å². The summed E-state index contributed by atoms with van der Waals surface area (Å²) in [6.45, 7) is 2.25. The van der Waals surface area contributed by atoms with Gasteiger partial charge in [-0.3, -0.25) is 5.32 Å². The lowest BCUT2D eigenvalue weighted by molar-refractivity contribution is -0.148. The number of rotatable bonds is 5. The van der Waals surface area contributed by atoms with Gasteiger partial charge >= 0.3 is 5.97 Å². The van der Waals surface area contributed by atoms with Crippen LogP contribution >= 0.6 is 27.3 Å². The van der Waals surface area contributed by atoms with Crippen molar-refractivity contribution < 1.29 is 13.9 Å². The lowest BCUT2D eigenvalue weighted by atomic mass is 9.92. The number of esters is 1. The lowest BCUT2D eigenvalue weighted by Gasteiger charge is -2.28. The quantitative estimate of drug-likeness (QED) is 0.811. The Morgan fingerprint density at radius 1 is 1.48 bits per heavy atom. The van der Waals surface area contributed by atoms with E-state index in [4.69, 9.17) is 4.74 Å². The van der Waals surface area contributed by atoms with E-state index < -0.39 is 11.5 Å². The highest BCUT2D eigenvalue weighted by Gasteiger charge is 2.36. The first-order valence-corrected chi connectivity index (χ1v) is 7.96. The first-order chi connectivity index (χ1) is 9.97. The van der Waals surface area contributed by atoms with Gasteiger partial charge in [0.15, 0.2) is 0 Å². The summed E-state index contributed by atoms with van der Waals surface area (Å²) in [4.78, 5) is 13.3. The van der Waals surface area contributed by atoms with Gasteiger partial charge in [-0.25, -0.2) is 9.18 Å². The minimum absolute atomic E-state index is 0.313. The molecule has 21 heavy (non-hydrogen) atoms. The molecule has 0 saturated carbocycles. The largest absolute Gasteiger partial charge is 0.467 e. The third kappa shape index (κ3) is 3.51. The summed E-state index contributed by atoms with van der Waals surface area (Å²) in [7, 11) is 1.34. The van der Waals surface area contributed by atoms with E-state index in [1.807, 2.05) is 17.5 Å². The molecule has 2 rings (SSSR count). The van der Waals surface area contributed by atoms with Gasteiger partial charge in [0.25, 0.3) is 0 Å². The summed E-state index contributed by atoms with van der Waals surface area (Å²) in [6.07, 6.45) is 0. The first-order valence-electron chi connectivity index (χ1n) is 6.28. The van der Waals surface area contributed by atoms with Crippen LogP contribution in [0, 0.1) is 5.82 Å². The Morgan fingerprint density at radius 2 is 2.24 bits per heavy atom. The minimum Gasteiger partial charge on any atom is -0.467 e. The van der Waals surface area contributed by atoms with Crippen LogP contribution in [0.25, 0.3) is 0 Å². The Morgan fingerprint density at radius 3 is 2.81 bits per heavy atom. The van der Waals surface area contributed by atoms with Crippen LogP contribution < -0.4 is 5.32 Å². The van der Waals surface area contributed by atoms with Crippen LogP contribution in [0.15, 0.2) is 40.2 Å². The standard InChI is InChI=1S/C15H15BrFNO2S/c1-15(14(19)20-2,18-9-11-4-3-7-21-11)10-5-6-13(17)12(16)8-10/h3-8,18H,9H2,1-2H3.